The van der Waals surface area contributed by atoms with Crippen molar-refractivity contribution in [2.24, 2.45) is 0 Å². The topological polar surface area (TPSA) is 60.4 Å². The molecule has 0 saturated carbocycles. The van der Waals surface area contributed by atoms with Gasteiger partial charge in [-0.05, 0) is 19.3 Å². The Bertz CT molecular complexity index is 117. The van der Waals surface area contributed by atoms with Gasteiger partial charge in [0.25, 0.3) is 0 Å². The third-order valence-electron chi connectivity index (χ3n) is 1.57. The Morgan fingerprint density at radius 3 is 2.50 bits per heavy atom. The quantitative estimate of drug-likeness (QED) is 0.465. The Morgan fingerprint density at radius 1 is 1.50 bits per heavy atom. The maximum absolute atomic E-state index is 9.96. The number of aliphatic hydroxyl groups is 1. The fourth-order valence-electron chi connectivity index (χ4n) is 0.869. The van der Waals surface area contributed by atoms with Crippen LogP contribution in [0.2, 0.25) is 0 Å². The standard InChI is InChI=1S/C8H16O3.K/c1-2-3-4-7(9)5-6-8(10)11;/h7,9H,2-6H2,1H3,(H,10,11);/q;+1/p-1. The average molecular weight is 198 g/mol. The van der Waals surface area contributed by atoms with Crippen molar-refractivity contribution in [1.82, 2.24) is 0 Å². The van der Waals surface area contributed by atoms with Gasteiger partial charge in [0.2, 0.25) is 0 Å². The summed E-state index contributed by atoms with van der Waals surface area (Å²) in [4.78, 5) is 9.96. The molecule has 0 aromatic carbocycles. The number of carbonyl (C=O) groups excluding carboxylic acids is 1. The fraction of sp³-hybridized carbons (Fsp3) is 0.875. The first-order valence-electron chi connectivity index (χ1n) is 4.04. The number of hydrogen-bond donors (Lipinski definition) is 1. The van der Waals surface area contributed by atoms with Crippen LogP contribution in [-0.2, 0) is 4.79 Å². The van der Waals surface area contributed by atoms with Gasteiger partial charge in [-0.2, -0.15) is 0 Å². The molecule has 12 heavy (non-hydrogen) atoms. The minimum atomic E-state index is -1.08. The van der Waals surface area contributed by atoms with Gasteiger partial charge >= 0.3 is 51.4 Å². The molecule has 0 saturated heterocycles. The number of aliphatic hydroxyl groups excluding tert-OH is 1. The minimum Gasteiger partial charge on any atom is -0.550 e. The summed E-state index contributed by atoms with van der Waals surface area (Å²) in [5.74, 6) is -1.08. The summed E-state index contributed by atoms with van der Waals surface area (Å²) in [6.45, 7) is 2.03. The number of carboxylic acid groups (broad SMARTS) is 1. The molecule has 1 N–H and O–H groups in total. The first kappa shape index (κ1) is 15.5. The van der Waals surface area contributed by atoms with Crippen LogP contribution in [0.3, 0.4) is 0 Å². The largest absolute Gasteiger partial charge is 1.00 e. The molecule has 0 aromatic heterocycles. The zero-order valence-electron chi connectivity index (χ0n) is 7.88. The van der Waals surface area contributed by atoms with E-state index in [0.29, 0.717) is 12.8 Å². The van der Waals surface area contributed by atoms with E-state index in [1.807, 2.05) is 6.92 Å². The second-order valence-corrected chi connectivity index (χ2v) is 2.71. The smallest absolute Gasteiger partial charge is 0.550 e. The van der Waals surface area contributed by atoms with E-state index < -0.39 is 12.1 Å². The number of aliphatic carboxylic acids is 1. The van der Waals surface area contributed by atoms with Crippen molar-refractivity contribution in [2.45, 2.75) is 45.1 Å². The number of unbranched alkanes of at least 4 members (excludes halogenated alkanes) is 1. The summed E-state index contributed by atoms with van der Waals surface area (Å²) in [5, 5.41) is 19.1. The van der Waals surface area contributed by atoms with Crippen LogP contribution >= 0.6 is 0 Å². The molecule has 66 valence electrons. The first-order valence-corrected chi connectivity index (χ1v) is 4.04. The van der Waals surface area contributed by atoms with Crippen molar-refractivity contribution in [3.63, 3.8) is 0 Å². The summed E-state index contributed by atoms with van der Waals surface area (Å²) < 4.78 is 0. The van der Waals surface area contributed by atoms with Crippen molar-refractivity contribution >= 4 is 5.97 Å². The van der Waals surface area contributed by atoms with E-state index >= 15 is 0 Å². The number of carbonyl (C=O) groups is 1. The molecule has 0 radical (unpaired) electrons. The van der Waals surface area contributed by atoms with E-state index in [0.717, 1.165) is 12.8 Å². The van der Waals surface area contributed by atoms with Crippen LogP contribution in [0, 0.1) is 0 Å². The van der Waals surface area contributed by atoms with Crippen molar-refractivity contribution in [3.05, 3.63) is 0 Å². The van der Waals surface area contributed by atoms with Gasteiger partial charge in [-0.3, -0.25) is 0 Å². The Kier molecular flexibility index (Phi) is 13.1. The number of hydrogen-bond acceptors (Lipinski definition) is 3. The Morgan fingerprint density at radius 2 is 2.08 bits per heavy atom. The summed E-state index contributed by atoms with van der Waals surface area (Å²) in [6.07, 6.45) is 2.50. The predicted octanol–water partition coefficient (Wildman–Crippen LogP) is -2.93. The van der Waals surface area contributed by atoms with Crippen LogP contribution < -0.4 is 56.5 Å². The first-order chi connectivity index (χ1) is 5.16. The second-order valence-electron chi connectivity index (χ2n) is 2.71. The van der Waals surface area contributed by atoms with E-state index in [9.17, 15) is 9.90 Å². The summed E-state index contributed by atoms with van der Waals surface area (Å²) in [5.41, 5.74) is 0. The molecular weight excluding hydrogens is 183 g/mol. The SMILES string of the molecule is CCCCC(O)CCC(=O)[O-].[K+]. The van der Waals surface area contributed by atoms with Crippen molar-refractivity contribution in [1.29, 1.82) is 0 Å². The van der Waals surface area contributed by atoms with E-state index in [1.165, 1.54) is 0 Å². The molecule has 0 aliphatic rings. The van der Waals surface area contributed by atoms with Gasteiger partial charge in [0.15, 0.2) is 0 Å². The Balaban J connectivity index is 0. The van der Waals surface area contributed by atoms with Gasteiger partial charge in [-0.1, -0.05) is 19.8 Å². The summed E-state index contributed by atoms with van der Waals surface area (Å²) >= 11 is 0. The molecule has 1 unspecified atom stereocenters. The molecule has 0 aliphatic carbocycles. The molecule has 0 fully saturated rings. The van der Waals surface area contributed by atoms with Crippen LogP contribution in [0.15, 0.2) is 0 Å². The number of rotatable bonds is 6. The zero-order chi connectivity index (χ0) is 8.69. The van der Waals surface area contributed by atoms with Gasteiger partial charge in [0, 0.05) is 5.97 Å². The molecule has 0 aromatic rings. The van der Waals surface area contributed by atoms with Crippen molar-refractivity contribution < 1.29 is 66.4 Å². The Labute approximate surface area is 116 Å². The van der Waals surface area contributed by atoms with Gasteiger partial charge in [0.05, 0.1) is 6.10 Å². The van der Waals surface area contributed by atoms with E-state index in [2.05, 4.69) is 0 Å². The van der Waals surface area contributed by atoms with Gasteiger partial charge < -0.3 is 15.0 Å². The number of carboxylic acids is 1. The van der Waals surface area contributed by atoms with Crippen LogP contribution in [0.5, 0.6) is 0 Å². The van der Waals surface area contributed by atoms with Gasteiger partial charge in [0.1, 0.15) is 0 Å². The maximum Gasteiger partial charge on any atom is 1.00 e. The maximum atomic E-state index is 9.96. The van der Waals surface area contributed by atoms with Crippen molar-refractivity contribution in [2.75, 3.05) is 0 Å². The molecule has 4 heteroatoms. The fourth-order valence-corrected chi connectivity index (χ4v) is 0.869. The van der Waals surface area contributed by atoms with E-state index in [1.54, 1.807) is 0 Å². The normalized spacial score (nSPS) is 11.8. The zero-order valence-corrected chi connectivity index (χ0v) is 11.0. The molecule has 0 bridgehead atoms. The van der Waals surface area contributed by atoms with E-state index in [4.69, 9.17) is 5.11 Å². The predicted molar refractivity (Wildman–Crippen MR) is 39.8 cm³/mol. The van der Waals surface area contributed by atoms with Gasteiger partial charge in [-0.15, -0.1) is 0 Å². The van der Waals surface area contributed by atoms with Crippen LogP contribution in [-0.4, -0.2) is 17.2 Å². The molecule has 0 rings (SSSR count). The van der Waals surface area contributed by atoms with E-state index in [-0.39, 0.29) is 57.8 Å². The van der Waals surface area contributed by atoms with Gasteiger partial charge in [-0.25, -0.2) is 0 Å². The molecule has 0 aliphatic heterocycles. The van der Waals surface area contributed by atoms with Crippen molar-refractivity contribution in [3.8, 4) is 0 Å². The molecule has 0 heterocycles. The van der Waals surface area contributed by atoms with Crippen LogP contribution in [0.25, 0.3) is 0 Å². The third-order valence-corrected chi connectivity index (χ3v) is 1.57. The monoisotopic (exact) mass is 198 g/mol. The summed E-state index contributed by atoms with van der Waals surface area (Å²) in [6, 6.07) is 0. The second kappa shape index (κ2) is 10.1. The molecule has 0 spiro atoms. The molecule has 0 amide bonds. The molecular formula is C8H15KO3. The molecule has 1 atom stereocenters. The molecule has 3 nitrogen and oxygen atoms in total. The third kappa shape index (κ3) is 11.1. The average Bonchev–Trinajstić information content (AvgIpc) is 1.97. The summed E-state index contributed by atoms with van der Waals surface area (Å²) in [7, 11) is 0. The Hall–Kier alpha value is 1.07. The minimum absolute atomic E-state index is 0. The van der Waals surface area contributed by atoms with Crippen LogP contribution in [0.1, 0.15) is 39.0 Å². The van der Waals surface area contributed by atoms with Crippen LogP contribution in [0.4, 0.5) is 0 Å².